The summed E-state index contributed by atoms with van der Waals surface area (Å²) in [4.78, 5) is 5.88. The quantitative estimate of drug-likeness (QED) is 0.507. The first-order chi connectivity index (χ1) is 14.9. The summed E-state index contributed by atoms with van der Waals surface area (Å²) in [6, 6.07) is 6.48. The molecule has 4 aromatic rings. The van der Waals surface area contributed by atoms with Crippen LogP contribution < -0.4 is 10.5 Å². The van der Waals surface area contributed by atoms with Crippen molar-refractivity contribution in [1.82, 2.24) is 29.8 Å². The average molecular weight is 419 g/mol. The monoisotopic (exact) mass is 419 g/mol. The van der Waals surface area contributed by atoms with Crippen molar-refractivity contribution in [2.24, 2.45) is 7.05 Å². The summed E-state index contributed by atoms with van der Waals surface area (Å²) in [6.45, 7) is 4.59. The molecule has 5 rings (SSSR count). The van der Waals surface area contributed by atoms with Crippen molar-refractivity contribution in [3.05, 3.63) is 59.3 Å². The smallest absolute Gasteiger partial charge is 0.166 e. The van der Waals surface area contributed by atoms with E-state index in [-0.39, 0.29) is 11.6 Å². The number of nitrogens with two attached hydrogens (primary N) is 1. The number of nitrogen functional groups attached to an aromatic ring is 1. The molecule has 158 valence electrons. The van der Waals surface area contributed by atoms with Crippen molar-refractivity contribution < 1.29 is 9.13 Å². The maximum Gasteiger partial charge on any atom is 0.166 e. The highest BCUT2D eigenvalue weighted by molar-refractivity contribution is 5.71. The molecule has 9 heteroatoms. The molecular formula is C22H22FN7O. The number of aromatic nitrogens is 6. The Morgan fingerprint density at radius 3 is 2.87 bits per heavy atom. The highest BCUT2D eigenvalue weighted by atomic mass is 19.1. The number of benzene rings is 1. The standard InChI is InChI=1S/C22H22FN7O/c1-4-30-21-13(11-26-30)7-18-20(28-29(3)27-18)16-6-5-15(23)9-17(16)12(2)31-19-8-14(21)10-25-22(19)24/h5-6,8-12H,4,7H2,1-3H3,(H2,24,25)/t12-/m0/s1. The van der Waals surface area contributed by atoms with E-state index in [0.717, 1.165) is 28.1 Å². The molecule has 1 atom stereocenters. The zero-order valence-electron chi connectivity index (χ0n) is 17.5. The fourth-order valence-electron chi connectivity index (χ4n) is 4.10. The Labute approximate surface area is 178 Å². The number of ether oxygens (including phenoxy) is 1. The van der Waals surface area contributed by atoms with E-state index in [0.29, 0.717) is 30.0 Å². The third-order valence-corrected chi connectivity index (χ3v) is 5.52. The minimum absolute atomic E-state index is 0.273. The highest BCUT2D eigenvalue weighted by Crippen LogP contribution is 2.37. The van der Waals surface area contributed by atoms with Gasteiger partial charge in [0.2, 0.25) is 0 Å². The molecular weight excluding hydrogens is 397 g/mol. The molecule has 4 heterocycles. The number of aryl methyl sites for hydroxylation is 2. The van der Waals surface area contributed by atoms with Crippen LogP contribution in [0.25, 0.3) is 22.5 Å². The van der Waals surface area contributed by atoms with E-state index in [4.69, 9.17) is 10.5 Å². The maximum atomic E-state index is 14.2. The van der Waals surface area contributed by atoms with Gasteiger partial charge in [-0.05, 0) is 38.1 Å². The average Bonchev–Trinajstić information content (AvgIpc) is 3.32. The summed E-state index contributed by atoms with van der Waals surface area (Å²) in [5.74, 6) is 0.364. The normalized spacial score (nSPS) is 15.2. The van der Waals surface area contributed by atoms with Gasteiger partial charge in [-0.3, -0.25) is 4.68 Å². The van der Waals surface area contributed by atoms with Crippen molar-refractivity contribution in [2.75, 3.05) is 5.73 Å². The first-order valence-electron chi connectivity index (χ1n) is 10.1. The third kappa shape index (κ3) is 3.22. The van der Waals surface area contributed by atoms with Crippen molar-refractivity contribution in [3.63, 3.8) is 0 Å². The molecule has 0 radical (unpaired) electrons. The number of hydrogen-bond acceptors (Lipinski definition) is 6. The van der Waals surface area contributed by atoms with Gasteiger partial charge < -0.3 is 10.5 Å². The summed E-state index contributed by atoms with van der Waals surface area (Å²) in [5, 5.41) is 13.7. The van der Waals surface area contributed by atoms with E-state index in [9.17, 15) is 4.39 Å². The van der Waals surface area contributed by atoms with Gasteiger partial charge in [0, 0.05) is 48.5 Å². The maximum absolute atomic E-state index is 14.2. The number of rotatable bonds is 1. The summed E-state index contributed by atoms with van der Waals surface area (Å²) < 4.78 is 22.3. The topological polar surface area (TPSA) is 96.7 Å². The summed E-state index contributed by atoms with van der Waals surface area (Å²) in [5.41, 5.74) is 11.8. The number of fused-ring (bicyclic) bond motifs is 7. The number of hydrogen-bond donors (Lipinski definition) is 1. The van der Waals surface area contributed by atoms with Gasteiger partial charge in [-0.15, -0.1) is 0 Å². The van der Waals surface area contributed by atoms with Gasteiger partial charge in [0.1, 0.15) is 17.6 Å². The van der Waals surface area contributed by atoms with Gasteiger partial charge in [-0.2, -0.15) is 20.1 Å². The van der Waals surface area contributed by atoms with E-state index in [1.807, 2.05) is 30.8 Å². The van der Waals surface area contributed by atoms with Crippen LogP contribution in [0.15, 0.2) is 36.7 Å². The number of halogens is 1. The van der Waals surface area contributed by atoms with Gasteiger partial charge in [-0.25, -0.2) is 9.37 Å². The molecule has 2 N–H and O–H groups in total. The zero-order valence-corrected chi connectivity index (χ0v) is 17.5. The molecule has 3 aromatic heterocycles. The summed E-state index contributed by atoms with van der Waals surface area (Å²) in [6.07, 6.45) is 3.59. The lowest BCUT2D eigenvalue weighted by Gasteiger charge is -2.20. The van der Waals surface area contributed by atoms with Crippen molar-refractivity contribution >= 4 is 5.82 Å². The molecule has 0 aliphatic carbocycles. The Balaban J connectivity index is 1.81. The Hall–Kier alpha value is -3.75. The van der Waals surface area contributed by atoms with E-state index in [1.54, 1.807) is 19.3 Å². The summed E-state index contributed by atoms with van der Waals surface area (Å²) >= 11 is 0. The molecule has 2 bridgehead atoms. The van der Waals surface area contributed by atoms with Crippen LogP contribution in [0.1, 0.15) is 36.8 Å². The molecule has 1 aliphatic rings. The second kappa shape index (κ2) is 7.19. The Morgan fingerprint density at radius 1 is 1.23 bits per heavy atom. The largest absolute Gasteiger partial charge is 0.482 e. The van der Waals surface area contributed by atoms with Gasteiger partial charge in [-0.1, -0.05) is 0 Å². The van der Waals surface area contributed by atoms with Crippen LogP contribution in [0.3, 0.4) is 0 Å². The van der Waals surface area contributed by atoms with E-state index >= 15 is 0 Å². The lowest BCUT2D eigenvalue weighted by molar-refractivity contribution is 0.227. The van der Waals surface area contributed by atoms with E-state index in [1.165, 1.54) is 16.9 Å². The zero-order chi connectivity index (χ0) is 21.7. The van der Waals surface area contributed by atoms with Crippen LogP contribution in [0.4, 0.5) is 10.2 Å². The number of anilines is 1. The van der Waals surface area contributed by atoms with E-state index in [2.05, 4.69) is 20.3 Å². The molecule has 1 aliphatic heterocycles. The molecule has 1 aromatic carbocycles. The highest BCUT2D eigenvalue weighted by Gasteiger charge is 2.25. The second-order valence-electron chi connectivity index (χ2n) is 7.59. The van der Waals surface area contributed by atoms with Crippen LogP contribution in [0, 0.1) is 5.82 Å². The first kappa shape index (κ1) is 19.2. The molecule has 8 nitrogen and oxygen atoms in total. The Morgan fingerprint density at radius 2 is 2.06 bits per heavy atom. The minimum atomic E-state index is -0.491. The first-order valence-corrected chi connectivity index (χ1v) is 10.1. The molecule has 0 saturated carbocycles. The van der Waals surface area contributed by atoms with Crippen molar-refractivity contribution in [3.8, 4) is 28.3 Å². The second-order valence-corrected chi connectivity index (χ2v) is 7.59. The predicted molar refractivity (Wildman–Crippen MR) is 114 cm³/mol. The fourth-order valence-corrected chi connectivity index (χ4v) is 4.10. The van der Waals surface area contributed by atoms with Crippen molar-refractivity contribution in [1.29, 1.82) is 0 Å². The Bertz CT molecular complexity index is 1290. The van der Waals surface area contributed by atoms with Crippen LogP contribution in [0.2, 0.25) is 0 Å². The number of nitrogens with zero attached hydrogens (tertiary/aromatic N) is 6. The fraction of sp³-hybridized carbons (Fsp3) is 0.273. The third-order valence-electron chi connectivity index (χ3n) is 5.52. The van der Waals surface area contributed by atoms with Crippen molar-refractivity contribution in [2.45, 2.75) is 32.9 Å². The lowest BCUT2D eigenvalue weighted by Crippen LogP contribution is -2.10. The van der Waals surface area contributed by atoms with Crippen LogP contribution in [0.5, 0.6) is 5.75 Å². The van der Waals surface area contributed by atoms with Gasteiger partial charge in [0.15, 0.2) is 11.6 Å². The Kier molecular flexibility index (Phi) is 4.46. The number of pyridine rings is 1. The van der Waals surface area contributed by atoms with Gasteiger partial charge in [0.05, 0.1) is 17.6 Å². The lowest BCUT2D eigenvalue weighted by atomic mass is 9.96. The van der Waals surface area contributed by atoms with E-state index < -0.39 is 6.10 Å². The predicted octanol–water partition coefficient (Wildman–Crippen LogP) is 3.53. The SMILES string of the molecule is CCn1ncc2c1-c1cnc(N)c(c1)O[C@@H](C)c1cc(F)ccc1-c1nn(C)nc1C2. The summed E-state index contributed by atoms with van der Waals surface area (Å²) in [7, 11) is 1.78. The van der Waals surface area contributed by atoms with Crippen LogP contribution >= 0.6 is 0 Å². The molecule has 0 amide bonds. The molecule has 0 fully saturated rings. The minimum Gasteiger partial charge on any atom is -0.482 e. The van der Waals surface area contributed by atoms with Crippen LogP contribution in [-0.2, 0) is 20.0 Å². The molecule has 0 unspecified atom stereocenters. The van der Waals surface area contributed by atoms with Gasteiger partial charge >= 0.3 is 0 Å². The van der Waals surface area contributed by atoms with Crippen LogP contribution in [-0.4, -0.2) is 29.8 Å². The molecule has 0 spiro atoms. The van der Waals surface area contributed by atoms with Gasteiger partial charge in [0.25, 0.3) is 0 Å². The molecule has 31 heavy (non-hydrogen) atoms. The molecule has 0 saturated heterocycles.